The second kappa shape index (κ2) is 4.79. The zero-order valence-electron chi connectivity index (χ0n) is 10.2. The zero-order chi connectivity index (χ0) is 13.2. The van der Waals surface area contributed by atoms with Crippen LogP contribution in [0.15, 0.2) is 24.5 Å². The third kappa shape index (κ3) is 2.21. The predicted octanol–water partition coefficient (Wildman–Crippen LogP) is 1.46. The van der Waals surface area contributed by atoms with Crippen LogP contribution in [-0.4, -0.2) is 28.5 Å². The fourth-order valence-corrected chi connectivity index (χ4v) is 2.25. The molecule has 1 fully saturated rings. The minimum absolute atomic E-state index is 0.0747. The average Bonchev–Trinajstić information content (AvgIpc) is 2.42. The first kappa shape index (κ1) is 11.8. The number of nitrogens with zero attached hydrogens (tertiary/aromatic N) is 2. The molecule has 19 heavy (non-hydrogen) atoms. The van der Waals surface area contributed by atoms with E-state index in [0.717, 1.165) is 6.42 Å². The summed E-state index contributed by atoms with van der Waals surface area (Å²) < 4.78 is 13.9. The van der Waals surface area contributed by atoms with Crippen LogP contribution in [0.25, 0.3) is 10.9 Å². The van der Waals surface area contributed by atoms with Crippen molar-refractivity contribution < 1.29 is 9.18 Å². The lowest BCUT2D eigenvalue weighted by atomic mass is 10.1. The average molecular weight is 260 g/mol. The van der Waals surface area contributed by atoms with E-state index in [1.807, 2.05) is 0 Å². The van der Waals surface area contributed by atoms with Crippen LogP contribution in [0.2, 0.25) is 0 Å². The molecule has 2 N–H and O–H groups in total. The number of hydrogen-bond donors (Lipinski definition) is 2. The second-order valence-electron chi connectivity index (χ2n) is 4.49. The SMILES string of the molecule is O=C1NCCCC1Nc1ncnc2cccc(F)c12. The zero-order valence-corrected chi connectivity index (χ0v) is 10.2. The monoisotopic (exact) mass is 260 g/mol. The lowest BCUT2D eigenvalue weighted by molar-refractivity contribution is -0.123. The molecule has 0 aliphatic carbocycles. The topological polar surface area (TPSA) is 66.9 Å². The highest BCUT2D eigenvalue weighted by Crippen LogP contribution is 2.23. The maximum atomic E-state index is 13.9. The van der Waals surface area contributed by atoms with Crippen LogP contribution < -0.4 is 10.6 Å². The van der Waals surface area contributed by atoms with Gasteiger partial charge in [-0.3, -0.25) is 4.79 Å². The molecule has 2 aromatic rings. The first-order chi connectivity index (χ1) is 9.25. The molecule has 5 nitrogen and oxygen atoms in total. The molecule has 1 saturated heterocycles. The molecule has 1 unspecified atom stereocenters. The molecule has 98 valence electrons. The largest absolute Gasteiger partial charge is 0.358 e. The maximum absolute atomic E-state index is 13.9. The normalized spacial score (nSPS) is 19.2. The summed E-state index contributed by atoms with van der Waals surface area (Å²) in [6.07, 6.45) is 2.98. The number of carbonyl (C=O) groups is 1. The van der Waals surface area contributed by atoms with E-state index in [4.69, 9.17) is 0 Å². The summed E-state index contributed by atoms with van der Waals surface area (Å²) in [4.78, 5) is 19.8. The Hall–Kier alpha value is -2.24. The number of nitrogens with one attached hydrogen (secondary N) is 2. The van der Waals surface area contributed by atoms with Gasteiger partial charge in [-0.05, 0) is 25.0 Å². The van der Waals surface area contributed by atoms with E-state index in [1.54, 1.807) is 12.1 Å². The van der Waals surface area contributed by atoms with Gasteiger partial charge in [-0.15, -0.1) is 0 Å². The Bertz CT molecular complexity index is 626. The van der Waals surface area contributed by atoms with Gasteiger partial charge in [0, 0.05) is 6.54 Å². The fourth-order valence-electron chi connectivity index (χ4n) is 2.25. The van der Waals surface area contributed by atoms with E-state index in [-0.39, 0.29) is 11.9 Å². The molecule has 0 spiro atoms. The summed E-state index contributed by atoms with van der Waals surface area (Å²) in [5.74, 6) is -0.101. The third-order valence-corrected chi connectivity index (χ3v) is 3.21. The molecule has 6 heteroatoms. The van der Waals surface area contributed by atoms with Crippen LogP contribution in [0.4, 0.5) is 10.2 Å². The number of piperidine rings is 1. The molecule has 1 amide bonds. The van der Waals surface area contributed by atoms with Gasteiger partial charge in [0.15, 0.2) is 0 Å². The lowest BCUT2D eigenvalue weighted by Gasteiger charge is -2.23. The Morgan fingerprint density at radius 2 is 2.26 bits per heavy atom. The van der Waals surface area contributed by atoms with Gasteiger partial charge < -0.3 is 10.6 Å². The van der Waals surface area contributed by atoms with Gasteiger partial charge >= 0.3 is 0 Å². The quantitative estimate of drug-likeness (QED) is 0.858. The van der Waals surface area contributed by atoms with E-state index in [2.05, 4.69) is 20.6 Å². The Balaban J connectivity index is 1.98. The molecule has 1 aromatic carbocycles. The molecule has 0 radical (unpaired) electrons. The number of anilines is 1. The molecule has 3 rings (SSSR count). The number of halogens is 1. The van der Waals surface area contributed by atoms with Crippen LogP contribution in [-0.2, 0) is 4.79 Å². The van der Waals surface area contributed by atoms with Crippen molar-refractivity contribution in [2.75, 3.05) is 11.9 Å². The smallest absolute Gasteiger partial charge is 0.242 e. The number of carbonyl (C=O) groups excluding carboxylic acids is 1. The third-order valence-electron chi connectivity index (χ3n) is 3.21. The van der Waals surface area contributed by atoms with E-state index < -0.39 is 5.82 Å². The van der Waals surface area contributed by atoms with Gasteiger partial charge in [-0.25, -0.2) is 14.4 Å². The first-order valence-corrected chi connectivity index (χ1v) is 6.19. The summed E-state index contributed by atoms with van der Waals surface area (Å²) in [6, 6.07) is 4.30. The van der Waals surface area contributed by atoms with E-state index in [0.29, 0.717) is 29.7 Å². The van der Waals surface area contributed by atoms with E-state index >= 15 is 0 Å². The van der Waals surface area contributed by atoms with Crippen molar-refractivity contribution in [1.29, 1.82) is 0 Å². The van der Waals surface area contributed by atoms with Crippen LogP contribution in [0.3, 0.4) is 0 Å². The molecular weight excluding hydrogens is 247 g/mol. The summed E-state index contributed by atoms with van der Waals surface area (Å²) in [7, 11) is 0. The van der Waals surface area contributed by atoms with Crippen LogP contribution in [0.5, 0.6) is 0 Å². The Morgan fingerprint density at radius 1 is 1.37 bits per heavy atom. The summed E-state index contributed by atoms with van der Waals surface area (Å²) >= 11 is 0. The maximum Gasteiger partial charge on any atom is 0.242 e. The Kier molecular flexibility index (Phi) is 2.98. The minimum Gasteiger partial charge on any atom is -0.358 e. The summed E-state index contributed by atoms with van der Waals surface area (Å²) in [6.45, 7) is 0.690. The van der Waals surface area contributed by atoms with Gasteiger partial charge in [0.05, 0.1) is 10.9 Å². The number of aromatic nitrogens is 2. The Morgan fingerprint density at radius 3 is 3.11 bits per heavy atom. The van der Waals surface area contributed by atoms with Crippen molar-refractivity contribution in [2.24, 2.45) is 0 Å². The predicted molar refractivity (Wildman–Crippen MR) is 69.2 cm³/mol. The van der Waals surface area contributed by atoms with Gasteiger partial charge in [-0.2, -0.15) is 0 Å². The van der Waals surface area contributed by atoms with Gasteiger partial charge in [0.1, 0.15) is 24.0 Å². The molecule has 0 bridgehead atoms. The number of amides is 1. The van der Waals surface area contributed by atoms with Gasteiger partial charge in [0.25, 0.3) is 0 Å². The van der Waals surface area contributed by atoms with Crippen molar-refractivity contribution in [1.82, 2.24) is 15.3 Å². The summed E-state index contributed by atoms with van der Waals surface area (Å²) in [5, 5.41) is 6.11. The standard InChI is InChI=1S/C13H13FN4O/c14-8-3-1-4-9-11(8)12(17-7-16-9)18-10-5-2-6-15-13(10)19/h1,3-4,7,10H,2,5-6H2,(H,15,19)(H,16,17,18). The molecule has 0 saturated carbocycles. The highest BCUT2D eigenvalue weighted by atomic mass is 19.1. The number of hydrogen-bond acceptors (Lipinski definition) is 4. The number of rotatable bonds is 2. The molecule has 1 aromatic heterocycles. The highest BCUT2D eigenvalue weighted by molar-refractivity contribution is 5.92. The second-order valence-corrected chi connectivity index (χ2v) is 4.49. The fraction of sp³-hybridized carbons (Fsp3) is 0.308. The number of benzene rings is 1. The van der Waals surface area contributed by atoms with Gasteiger partial charge in [-0.1, -0.05) is 6.07 Å². The lowest BCUT2D eigenvalue weighted by Crippen LogP contribution is -2.44. The van der Waals surface area contributed by atoms with Crippen molar-refractivity contribution in [3.8, 4) is 0 Å². The molecule has 1 aliphatic heterocycles. The van der Waals surface area contributed by atoms with Gasteiger partial charge in [0.2, 0.25) is 5.91 Å². The van der Waals surface area contributed by atoms with Crippen molar-refractivity contribution in [3.63, 3.8) is 0 Å². The molecule has 1 aliphatic rings. The molecule has 1 atom stereocenters. The summed E-state index contributed by atoms with van der Waals surface area (Å²) in [5.41, 5.74) is 0.522. The molecular formula is C13H13FN4O. The minimum atomic E-state index is -0.392. The highest BCUT2D eigenvalue weighted by Gasteiger charge is 2.23. The van der Waals surface area contributed by atoms with Crippen molar-refractivity contribution in [2.45, 2.75) is 18.9 Å². The van der Waals surface area contributed by atoms with E-state index in [1.165, 1.54) is 12.4 Å². The number of fused-ring (bicyclic) bond motifs is 1. The molecule has 2 heterocycles. The first-order valence-electron chi connectivity index (χ1n) is 6.19. The van der Waals surface area contributed by atoms with Crippen LogP contribution >= 0.6 is 0 Å². The van der Waals surface area contributed by atoms with Crippen molar-refractivity contribution in [3.05, 3.63) is 30.3 Å². The van der Waals surface area contributed by atoms with Crippen LogP contribution in [0, 0.1) is 5.82 Å². The Labute approximate surface area is 109 Å². The van der Waals surface area contributed by atoms with E-state index in [9.17, 15) is 9.18 Å². The van der Waals surface area contributed by atoms with Crippen LogP contribution in [0.1, 0.15) is 12.8 Å². The van der Waals surface area contributed by atoms with Crippen molar-refractivity contribution >= 4 is 22.6 Å².